The zero-order valence-corrected chi connectivity index (χ0v) is 15.8. The first kappa shape index (κ1) is 18.9. The molecule has 0 radical (unpaired) electrons. The predicted molar refractivity (Wildman–Crippen MR) is 105 cm³/mol. The average Bonchev–Trinajstić information content (AvgIpc) is 2.73. The van der Waals surface area contributed by atoms with Crippen LogP contribution in [0.3, 0.4) is 0 Å². The number of hydrogen-bond acceptors (Lipinski definition) is 5. The summed E-state index contributed by atoms with van der Waals surface area (Å²) in [7, 11) is 0. The summed E-state index contributed by atoms with van der Waals surface area (Å²) in [6, 6.07) is 18.1. The van der Waals surface area contributed by atoms with Gasteiger partial charge in [-0.25, -0.2) is 0 Å². The molecule has 6 nitrogen and oxygen atoms in total. The first-order valence-corrected chi connectivity index (χ1v) is 9.73. The number of hydrogen-bond donors (Lipinski definition) is 2. The number of ether oxygens (including phenoxy) is 2. The summed E-state index contributed by atoms with van der Waals surface area (Å²) in [5, 5.41) is 12.2. The van der Waals surface area contributed by atoms with E-state index < -0.39 is 5.54 Å². The lowest BCUT2D eigenvalue weighted by atomic mass is 9.77. The third-order valence-corrected chi connectivity index (χ3v) is 5.53. The number of rotatable bonds is 6. The van der Waals surface area contributed by atoms with Crippen LogP contribution < -0.4 is 10.1 Å². The smallest absolute Gasteiger partial charge is 0.246 e. The SMILES string of the molecule is O=C1CO[C@@H]2CN(Cc3cccc(OCCO)c3)CC[C@@]2(c2ccccc2)N1. The molecule has 2 saturated heterocycles. The van der Waals surface area contributed by atoms with Crippen molar-refractivity contribution in [1.29, 1.82) is 0 Å². The molecule has 0 aromatic heterocycles. The van der Waals surface area contributed by atoms with Gasteiger partial charge < -0.3 is 19.9 Å². The van der Waals surface area contributed by atoms with Crippen LogP contribution in [0.25, 0.3) is 0 Å². The third-order valence-electron chi connectivity index (χ3n) is 5.53. The Morgan fingerprint density at radius 3 is 2.89 bits per heavy atom. The molecule has 2 aliphatic heterocycles. The lowest BCUT2D eigenvalue weighted by molar-refractivity contribution is -0.152. The normalized spacial score (nSPS) is 25.0. The van der Waals surface area contributed by atoms with E-state index in [4.69, 9.17) is 14.6 Å². The van der Waals surface area contributed by atoms with E-state index >= 15 is 0 Å². The summed E-state index contributed by atoms with van der Waals surface area (Å²) >= 11 is 0. The number of benzene rings is 2. The van der Waals surface area contributed by atoms with E-state index in [0.29, 0.717) is 6.61 Å². The van der Waals surface area contributed by atoms with Gasteiger partial charge in [0.25, 0.3) is 0 Å². The van der Waals surface area contributed by atoms with Crippen LogP contribution in [0.15, 0.2) is 54.6 Å². The van der Waals surface area contributed by atoms with Crippen molar-refractivity contribution in [2.24, 2.45) is 0 Å². The topological polar surface area (TPSA) is 71.0 Å². The van der Waals surface area contributed by atoms with Crippen LogP contribution in [0.1, 0.15) is 17.5 Å². The van der Waals surface area contributed by atoms with Crippen LogP contribution in [0.5, 0.6) is 5.75 Å². The molecule has 2 N–H and O–H groups in total. The van der Waals surface area contributed by atoms with Crippen molar-refractivity contribution < 1.29 is 19.4 Å². The van der Waals surface area contributed by atoms with E-state index in [-0.39, 0.29) is 25.2 Å². The number of nitrogens with zero attached hydrogens (tertiary/aromatic N) is 1. The van der Waals surface area contributed by atoms with Gasteiger partial charge in [0, 0.05) is 19.6 Å². The molecule has 2 atom stereocenters. The lowest BCUT2D eigenvalue weighted by Crippen LogP contribution is -2.66. The van der Waals surface area contributed by atoms with Gasteiger partial charge >= 0.3 is 0 Å². The second-order valence-corrected chi connectivity index (χ2v) is 7.39. The first-order valence-electron chi connectivity index (χ1n) is 9.73. The number of carbonyl (C=O) groups is 1. The molecule has 2 aliphatic rings. The molecule has 4 rings (SSSR count). The van der Waals surface area contributed by atoms with Crippen molar-refractivity contribution in [3.8, 4) is 5.75 Å². The fraction of sp³-hybridized carbons (Fsp3) is 0.409. The van der Waals surface area contributed by atoms with Crippen LogP contribution in [0, 0.1) is 0 Å². The Bertz CT molecular complexity index is 813. The van der Waals surface area contributed by atoms with E-state index in [0.717, 1.165) is 42.9 Å². The molecular weight excluding hydrogens is 356 g/mol. The fourth-order valence-corrected chi connectivity index (χ4v) is 4.21. The van der Waals surface area contributed by atoms with E-state index in [9.17, 15) is 4.79 Å². The van der Waals surface area contributed by atoms with Crippen molar-refractivity contribution in [2.45, 2.75) is 24.6 Å². The minimum Gasteiger partial charge on any atom is -0.491 e. The maximum Gasteiger partial charge on any atom is 0.246 e. The Balaban J connectivity index is 1.49. The number of amides is 1. The van der Waals surface area contributed by atoms with Crippen LogP contribution in [0.2, 0.25) is 0 Å². The second kappa shape index (κ2) is 8.31. The molecule has 0 unspecified atom stereocenters. The summed E-state index contributed by atoms with van der Waals surface area (Å²) in [6.45, 7) is 2.80. The number of aliphatic hydroxyl groups is 1. The molecule has 2 fully saturated rings. The van der Waals surface area contributed by atoms with E-state index in [2.05, 4.69) is 28.4 Å². The Labute approximate surface area is 165 Å². The van der Waals surface area contributed by atoms with Crippen molar-refractivity contribution in [2.75, 3.05) is 32.9 Å². The molecule has 6 heteroatoms. The predicted octanol–water partition coefficient (Wildman–Crippen LogP) is 1.67. The zero-order valence-electron chi connectivity index (χ0n) is 15.8. The van der Waals surface area contributed by atoms with Crippen LogP contribution >= 0.6 is 0 Å². The monoisotopic (exact) mass is 382 g/mol. The van der Waals surface area contributed by atoms with Crippen LogP contribution in [0.4, 0.5) is 0 Å². The highest BCUT2D eigenvalue weighted by atomic mass is 16.5. The van der Waals surface area contributed by atoms with Crippen molar-refractivity contribution in [1.82, 2.24) is 10.2 Å². The molecule has 148 valence electrons. The number of morpholine rings is 1. The zero-order chi connectivity index (χ0) is 19.4. The number of aliphatic hydroxyl groups excluding tert-OH is 1. The Morgan fingerprint density at radius 2 is 2.07 bits per heavy atom. The molecule has 2 aromatic rings. The molecule has 0 bridgehead atoms. The lowest BCUT2D eigenvalue weighted by Gasteiger charge is -2.50. The standard InChI is InChI=1S/C22H26N2O4/c25-11-12-27-19-8-4-5-17(13-19)14-24-10-9-22(18-6-2-1-3-7-18)20(15-24)28-16-21(26)23-22/h1-8,13,20,25H,9-12,14-16H2,(H,23,26)/t20-,22+/m1/s1. The molecule has 0 saturated carbocycles. The molecule has 1 amide bonds. The van der Waals surface area contributed by atoms with E-state index in [1.807, 2.05) is 36.4 Å². The Hall–Kier alpha value is -2.41. The summed E-state index contributed by atoms with van der Waals surface area (Å²) < 4.78 is 11.5. The second-order valence-electron chi connectivity index (χ2n) is 7.39. The number of piperidine rings is 1. The van der Waals surface area contributed by atoms with Gasteiger partial charge in [-0.1, -0.05) is 42.5 Å². The molecule has 2 aromatic carbocycles. The summed E-state index contributed by atoms with van der Waals surface area (Å²) in [5.74, 6) is 0.714. The van der Waals surface area contributed by atoms with Crippen molar-refractivity contribution in [3.63, 3.8) is 0 Å². The average molecular weight is 382 g/mol. The fourth-order valence-electron chi connectivity index (χ4n) is 4.21. The molecular formula is C22H26N2O4. The Morgan fingerprint density at radius 1 is 1.21 bits per heavy atom. The van der Waals surface area contributed by atoms with Gasteiger partial charge in [0.2, 0.25) is 5.91 Å². The minimum atomic E-state index is -0.459. The molecule has 28 heavy (non-hydrogen) atoms. The highest BCUT2D eigenvalue weighted by Crippen LogP contribution is 2.37. The van der Waals surface area contributed by atoms with Gasteiger partial charge in [-0.05, 0) is 29.7 Å². The molecule has 0 aliphatic carbocycles. The number of nitrogens with one attached hydrogen (secondary N) is 1. The number of likely N-dealkylation sites (tertiary alicyclic amines) is 1. The molecule has 2 heterocycles. The van der Waals surface area contributed by atoms with Gasteiger partial charge in [0.05, 0.1) is 18.2 Å². The molecule has 0 spiro atoms. The largest absolute Gasteiger partial charge is 0.491 e. The van der Waals surface area contributed by atoms with Gasteiger partial charge in [0.15, 0.2) is 0 Å². The third kappa shape index (κ3) is 3.90. The first-order chi connectivity index (χ1) is 13.7. The van der Waals surface area contributed by atoms with Crippen molar-refractivity contribution in [3.05, 3.63) is 65.7 Å². The van der Waals surface area contributed by atoms with Crippen LogP contribution in [-0.2, 0) is 21.6 Å². The maximum atomic E-state index is 12.1. The summed E-state index contributed by atoms with van der Waals surface area (Å²) in [5.41, 5.74) is 1.80. The van der Waals surface area contributed by atoms with Gasteiger partial charge in [-0.3, -0.25) is 9.69 Å². The quantitative estimate of drug-likeness (QED) is 0.795. The Kier molecular flexibility index (Phi) is 5.62. The summed E-state index contributed by atoms with van der Waals surface area (Å²) in [6.07, 6.45) is 0.712. The van der Waals surface area contributed by atoms with Gasteiger partial charge in [0.1, 0.15) is 19.0 Å². The number of fused-ring (bicyclic) bond motifs is 1. The summed E-state index contributed by atoms with van der Waals surface area (Å²) in [4.78, 5) is 14.5. The number of carbonyl (C=O) groups excluding carboxylic acids is 1. The highest BCUT2D eigenvalue weighted by molar-refractivity contribution is 5.79. The minimum absolute atomic E-state index is 0.00264. The van der Waals surface area contributed by atoms with E-state index in [1.54, 1.807) is 0 Å². The van der Waals surface area contributed by atoms with Gasteiger partial charge in [-0.15, -0.1) is 0 Å². The van der Waals surface area contributed by atoms with Gasteiger partial charge in [-0.2, -0.15) is 0 Å². The van der Waals surface area contributed by atoms with Crippen LogP contribution in [-0.4, -0.2) is 54.9 Å². The highest BCUT2D eigenvalue weighted by Gasteiger charge is 2.48. The van der Waals surface area contributed by atoms with Crippen molar-refractivity contribution >= 4 is 5.91 Å². The maximum absolute atomic E-state index is 12.1. The van der Waals surface area contributed by atoms with E-state index in [1.165, 1.54) is 0 Å².